The summed E-state index contributed by atoms with van der Waals surface area (Å²) in [6.45, 7) is 0. The van der Waals surface area contributed by atoms with E-state index in [9.17, 15) is 20.0 Å². The summed E-state index contributed by atoms with van der Waals surface area (Å²) >= 11 is 5.74. The predicted octanol–water partition coefficient (Wildman–Crippen LogP) is 2.21. The molecule has 7 nitrogen and oxygen atoms in total. The van der Waals surface area contributed by atoms with Crippen molar-refractivity contribution >= 4 is 29.4 Å². The van der Waals surface area contributed by atoms with Gasteiger partial charge in [0.2, 0.25) is 0 Å². The maximum atomic E-state index is 11.4. The van der Waals surface area contributed by atoms with Crippen LogP contribution in [0.4, 0.5) is 5.69 Å². The Kier molecular flexibility index (Phi) is 3.81. The van der Waals surface area contributed by atoms with Gasteiger partial charge in [0.1, 0.15) is 5.82 Å². The number of rotatable bonds is 3. The van der Waals surface area contributed by atoms with Crippen LogP contribution in [0.5, 0.6) is 5.88 Å². The number of aromatic hydroxyl groups is 1. The molecule has 0 aliphatic heterocycles. The first-order valence-corrected chi connectivity index (χ1v) is 5.76. The Hall–Kier alpha value is -2.67. The zero-order chi connectivity index (χ0) is 14.7. The smallest absolute Gasteiger partial charge is 0.395 e. The highest BCUT2D eigenvalue weighted by atomic mass is 35.5. The first kappa shape index (κ1) is 13.8. The standard InChI is InChI=1S/C12H8ClN3O4/c13-8-4-1-7(2-5-8)3-6-9-14-11(17)10(16(19)20)12(18)15-9/h1-6H,(H2,14,15,17,18). The second kappa shape index (κ2) is 5.54. The molecule has 0 aliphatic rings. The number of benzene rings is 1. The molecule has 0 saturated carbocycles. The normalized spacial score (nSPS) is 10.8. The van der Waals surface area contributed by atoms with Crippen LogP contribution in [0, 0.1) is 10.1 Å². The van der Waals surface area contributed by atoms with Crippen LogP contribution in [0.3, 0.4) is 0 Å². The van der Waals surface area contributed by atoms with Crippen molar-refractivity contribution in [3.63, 3.8) is 0 Å². The van der Waals surface area contributed by atoms with Crippen molar-refractivity contribution in [3.05, 3.63) is 61.1 Å². The van der Waals surface area contributed by atoms with Crippen molar-refractivity contribution in [2.45, 2.75) is 0 Å². The fourth-order valence-corrected chi connectivity index (χ4v) is 1.59. The second-order valence-electron chi connectivity index (χ2n) is 3.77. The number of aromatic amines is 1. The molecule has 2 aromatic rings. The monoisotopic (exact) mass is 293 g/mol. The first-order valence-electron chi connectivity index (χ1n) is 5.38. The van der Waals surface area contributed by atoms with Crippen molar-refractivity contribution < 1.29 is 10.0 Å². The summed E-state index contributed by atoms with van der Waals surface area (Å²) in [5.41, 5.74) is -1.21. The molecule has 2 N–H and O–H groups in total. The molecule has 0 amide bonds. The number of hydrogen-bond acceptors (Lipinski definition) is 5. The zero-order valence-electron chi connectivity index (χ0n) is 9.91. The number of halogens is 1. The van der Waals surface area contributed by atoms with Gasteiger partial charge < -0.3 is 10.1 Å². The van der Waals surface area contributed by atoms with E-state index in [2.05, 4.69) is 9.97 Å². The summed E-state index contributed by atoms with van der Waals surface area (Å²) in [5.74, 6) is -0.914. The van der Waals surface area contributed by atoms with Crippen LogP contribution in [-0.2, 0) is 0 Å². The number of H-pyrrole nitrogens is 1. The molecular formula is C12H8ClN3O4. The Balaban J connectivity index is 2.33. The van der Waals surface area contributed by atoms with E-state index in [0.29, 0.717) is 5.02 Å². The van der Waals surface area contributed by atoms with E-state index in [1.807, 2.05) is 0 Å². The van der Waals surface area contributed by atoms with Crippen molar-refractivity contribution in [1.82, 2.24) is 9.97 Å². The van der Waals surface area contributed by atoms with Gasteiger partial charge in [-0.3, -0.25) is 14.9 Å². The van der Waals surface area contributed by atoms with E-state index in [4.69, 9.17) is 11.6 Å². The van der Waals surface area contributed by atoms with Gasteiger partial charge in [-0.1, -0.05) is 29.8 Å². The minimum Gasteiger partial charge on any atom is -0.488 e. The topological polar surface area (TPSA) is 109 Å². The largest absolute Gasteiger partial charge is 0.488 e. The number of nitro groups is 1. The highest BCUT2D eigenvalue weighted by Gasteiger charge is 2.21. The molecule has 0 aliphatic carbocycles. The second-order valence-corrected chi connectivity index (χ2v) is 4.20. The number of nitrogens with zero attached hydrogens (tertiary/aromatic N) is 2. The summed E-state index contributed by atoms with van der Waals surface area (Å²) in [4.78, 5) is 26.7. The third-order valence-corrected chi connectivity index (χ3v) is 2.63. The third-order valence-electron chi connectivity index (χ3n) is 2.38. The van der Waals surface area contributed by atoms with Gasteiger partial charge in [-0.2, -0.15) is 4.98 Å². The molecule has 0 fully saturated rings. The Morgan fingerprint density at radius 1 is 1.30 bits per heavy atom. The molecule has 20 heavy (non-hydrogen) atoms. The lowest BCUT2D eigenvalue weighted by Crippen LogP contribution is -2.14. The SMILES string of the molecule is O=c1[nH]c(C=Cc2ccc(Cl)cc2)nc(O)c1[N+](=O)[O-]. The van der Waals surface area contributed by atoms with Crippen molar-refractivity contribution in [2.75, 3.05) is 0 Å². The molecule has 1 aromatic heterocycles. The van der Waals surface area contributed by atoms with Crippen LogP contribution < -0.4 is 5.56 Å². The molecular weight excluding hydrogens is 286 g/mol. The first-order chi connectivity index (χ1) is 9.47. The molecule has 102 valence electrons. The number of hydrogen-bond donors (Lipinski definition) is 2. The van der Waals surface area contributed by atoms with Gasteiger partial charge in [0.05, 0.1) is 4.92 Å². The van der Waals surface area contributed by atoms with Crippen molar-refractivity contribution in [1.29, 1.82) is 0 Å². The Morgan fingerprint density at radius 2 is 1.95 bits per heavy atom. The molecule has 0 unspecified atom stereocenters. The van der Waals surface area contributed by atoms with Crippen LogP contribution in [-0.4, -0.2) is 20.0 Å². The van der Waals surface area contributed by atoms with Crippen LogP contribution >= 0.6 is 11.6 Å². The van der Waals surface area contributed by atoms with Crippen LogP contribution in [0.1, 0.15) is 11.4 Å². The summed E-state index contributed by atoms with van der Waals surface area (Å²) < 4.78 is 0. The average Bonchev–Trinajstić information content (AvgIpc) is 2.37. The Labute approximate surface area is 117 Å². The molecule has 0 saturated heterocycles. The average molecular weight is 294 g/mol. The molecule has 0 spiro atoms. The van der Waals surface area contributed by atoms with Crippen LogP contribution in [0.2, 0.25) is 5.02 Å². The van der Waals surface area contributed by atoms with Gasteiger partial charge in [0, 0.05) is 5.02 Å². The van der Waals surface area contributed by atoms with E-state index in [1.54, 1.807) is 30.3 Å². The highest BCUT2D eigenvalue weighted by molar-refractivity contribution is 6.30. The predicted molar refractivity (Wildman–Crippen MR) is 73.6 cm³/mol. The van der Waals surface area contributed by atoms with E-state index >= 15 is 0 Å². The van der Waals surface area contributed by atoms with Crippen molar-refractivity contribution in [2.24, 2.45) is 0 Å². The van der Waals surface area contributed by atoms with E-state index in [0.717, 1.165) is 5.56 Å². The van der Waals surface area contributed by atoms with Crippen LogP contribution in [0.25, 0.3) is 12.2 Å². The lowest BCUT2D eigenvalue weighted by Gasteiger charge is -1.97. The minimum atomic E-state index is -1.02. The molecule has 1 aromatic carbocycles. The number of aromatic nitrogens is 2. The molecule has 0 atom stereocenters. The summed E-state index contributed by atoms with van der Waals surface area (Å²) in [7, 11) is 0. The van der Waals surface area contributed by atoms with Gasteiger partial charge >= 0.3 is 11.2 Å². The third kappa shape index (κ3) is 3.01. The molecule has 1 heterocycles. The Bertz CT molecular complexity index is 737. The van der Waals surface area contributed by atoms with Gasteiger partial charge in [-0.05, 0) is 23.8 Å². The Morgan fingerprint density at radius 3 is 2.50 bits per heavy atom. The molecule has 0 bridgehead atoms. The fourth-order valence-electron chi connectivity index (χ4n) is 1.46. The van der Waals surface area contributed by atoms with E-state index in [1.165, 1.54) is 6.08 Å². The lowest BCUT2D eigenvalue weighted by molar-refractivity contribution is -0.387. The van der Waals surface area contributed by atoms with Gasteiger partial charge in [0.25, 0.3) is 5.88 Å². The maximum Gasteiger partial charge on any atom is 0.395 e. The van der Waals surface area contributed by atoms with E-state index < -0.39 is 22.0 Å². The maximum absolute atomic E-state index is 11.4. The molecule has 2 rings (SSSR count). The highest BCUT2D eigenvalue weighted by Crippen LogP contribution is 2.17. The molecule has 8 heteroatoms. The minimum absolute atomic E-state index is 0.00745. The summed E-state index contributed by atoms with van der Waals surface area (Å²) in [6, 6.07) is 6.85. The van der Waals surface area contributed by atoms with Gasteiger partial charge in [-0.25, -0.2) is 0 Å². The molecule has 0 radical (unpaired) electrons. The van der Waals surface area contributed by atoms with E-state index in [-0.39, 0.29) is 5.82 Å². The van der Waals surface area contributed by atoms with Crippen molar-refractivity contribution in [3.8, 4) is 5.88 Å². The summed E-state index contributed by atoms with van der Waals surface area (Å²) in [6.07, 6.45) is 3.02. The fraction of sp³-hybridized carbons (Fsp3) is 0. The number of nitrogens with one attached hydrogen (secondary N) is 1. The van der Waals surface area contributed by atoms with Gasteiger partial charge in [-0.15, -0.1) is 0 Å². The lowest BCUT2D eigenvalue weighted by atomic mass is 10.2. The zero-order valence-corrected chi connectivity index (χ0v) is 10.7. The van der Waals surface area contributed by atoms with Gasteiger partial charge in [0.15, 0.2) is 0 Å². The van der Waals surface area contributed by atoms with Crippen LogP contribution in [0.15, 0.2) is 29.1 Å². The summed E-state index contributed by atoms with van der Waals surface area (Å²) in [5, 5.41) is 20.5. The quantitative estimate of drug-likeness (QED) is 0.666.